The maximum absolute atomic E-state index is 14.0. The summed E-state index contributed by atoms with van der Waals surface area (Å²) >= 11 is 1.29. The molecule has 5 rings (SSSR count). The maximum atomic E-state index is 14.0. The zero-order valence-electron chi connectivity index (χ0n) is 19.5. The van der Waals surface area contributed by atoms with E-state index < -0.39 is 4.87 Å². The van der Waals surface area contributed by atoms with Crippen molar-refractivity contribution in [2.24, 2.45) is 0 Å². The fraction of sp³-hybridized carbons (Fsp3) is 0.222. The van der Waals surface area contributed by atoms with Crippen LogP contribution in [0.25, 0.3) is 0 Å². The van der Waals surface area contributed by atoms with Crippen molar-refractivity contribution in [1.82, 2.24) is 5.32 Å². The van der Waals surface area contributed by atoms with Gasteiger partial charge < -0.3 is 10.1 Å². The lowest BCUT2D eigenvalue weighted by Crippen LogP contribution is -2.51. The van der Waals surface area contributed by atoms with Crippen LogP contribution in [0.1, 0.15) is 16.7 Å². The first-order valence-corrected chi connectivity index (χ1v) is 12.3. The van der Waals surface area contributed by atoms with E-state index in [1.807, 2.05) is 55.5 Å². The second-order valence-corrected chi connectivity index (χ2v) is 9.70. The van der Waals surface area contributed by atoms with E-state index >= 15 is 0 Å². The van der Waals surface area contributed by atoms with E-state index in [1.54, 1.807) is 36.3 Å². The molecule has 0 unspecified atom stereocenters. The molecule has 0 saturated carbocycles. The quantitative estimate of drug-likeness (QED) is 0.575. The Morgan fingerprint density at radius 1 is 1.03 bits per heavy atom. The minimum absolute atomic E-state index is 0.130. The molecule has 0 bridgehead atoms. The molecule has 2 aliphatic rings. The van der Waals surface area contributed by atoms with Crippen molar-refractivity contribution in [2.75, 3.05) is 29.2 Å². The standard InChI is InChI=1S/C27H25N3O4S/c1-18-7-9-19(10-8-18)15-28-24(31)16-29-23-6-4-3-5-22(23)27(26(29)33)30(25(32)17-35-27)20-11-13-21(34-2)14-12-20/h3-14H,15-17H2,1-2H3,(H,28,31)/t27-/m1/s1. The molecule has 2 heterocycles. The van der Waals surface area contributed by atoms with E-state index in [0.29, 0.717) is 29.2 Å². The van der Waals surface area contributed by atoms with Crippen LogP contribution < -0.4 is 19.9 Å². The predicted octanol–water partition coefficient (Wildman–Crippen LogP) is 3.60. The Bertz CT molecular complexity index is 1290. The van der Waals surface area contributed by atoms with Gasteiger partial charge in [-0.2, -0.15) is 0 Å². The van der Waals surface area contributed by atoms with Gasteiger partial charge >= 0.3 is 0 Å². The fourth-order valence-corrected chi connectivity index (χ4v) is 5.91. The van der Waals surface area contributed by atoms with Crippen molar-refractivity contribution in [3.8, 4) is 5.75 Å². The summed E-state index contributed by atoms with van der Waals surface area (Å²) in [4.78, 5) is 41.7. The molecular formula is C27H25N3O4S. The molecule has 178 valence electrons. The molecule has 1 atom stereocenters. The van der Waals surface area contributed by atoms with Gasteiger partial charge in [-0.15, -0.1) is 11.8 Å². The number of fused-ring (bicyclic) bond motifs is 2. The number of nitrogens with zero attached hydrogens (tertiary/aromatic N) is 2. The lowest BCUT2D eigenvalue weighted by molar-refractivity contribution is -0.125. The van der Waals surface area contributed by atoms with Crippen LogP contribution in [0.5, 0.6) is 5.75 Å². The molecule has 0 aliphatic carbocycles. The van der Waals surface area contributed by atoms with Crippen LogP contribution in [0.15, 0.2) is 72.8 Å². The molecule has 35 heavy (non-hydrogen) atoms. The molecule has 3 amide bonds. The van der Waals surface area contributed by atoms with Crippen molar-refractivity contribution in [1.29, 1.82) is 0 Å². The third-order valence-corrected chi connectivity index (χ3v) is 7.69. The van der Waals surface area contributed by atoms with E-state index in [1.165, 1.54) is 16.7 Å². The zero-order chi connectivity index (χ0) is 24.6. The summed E-state index contributed by atoms with van der Waals surface area (Å²) in [6.07, 6.45) is 0. The first kappa shape index (κ1) is 23.0. The Morgan fingerprint density at radius 3 is 2.46 bits per heavy atom. The fourth-order valence-electron chi connectivity index (χ4n) is 4.55. The number of rotatable bonds is 6. The Kier molecular flexibility index (Phi) is 5.98. The summed E-state index contributed by atoms with van der Waals surface area (Å²) in [7, 11) is 1.58. The Hall–Kier alpha value is -3.78. The average molecular weight is 488 g/mol. The van der Waals surface area contributed by atoms with Gasteiger partial charge in [0.1, 0.15) is 12.3 Å². The SMILES string of the molecule is COc1ccc(N2C(=O)CS[C@]23C(=O)N(CC(=O)NCc2ccc(C)cc2)c2ccccc23)cc1. The number of thioether (sulfide) groups is 1. The van der Waals surface area contributed by atoms with Gasteiger partial charge in [-0.1, -0.05) is 48.0 Å². The van der Waals surface area contributed by atoms with E-state index in [0.717, 1.165) is 11.1 Å². The van der Waals surface area contributed by atoms with Gasteiger partial charge in [-0.05, 0) is 42.8 Å². The predicted molar refractivity (Wildman–Crippen MR) is 136 cm³/mol. The lowest BCUT2D eigenvalue weighted by Gasteiger charge is -2.33. The third-order valence-electron chi connectivity index (χ3n) is 6.31. The number of para-hydroxylation sites is 1. The number of anilines is 2. The number of aryl methyl sites for hydroxylation is 1. The molecule has 0 radical (unpaired) electrons. The van der Waals surface area contributed by atoms with E-state index in [2.05, 4.69) is 5.32 Å². The number of hydrogen-bond acceptors (Lipinski definition) is 5. The largest absolute Gasteiger partial charge is 0.497 e. The molecular weight excluding hydrogens is 462 g/mol. The van der Waals surface area contributed by atoms with Gasteiger partial charge in [0.15, 0.2) is 0 Å². The van der Waals surface area contributed by atoms with Crippen molar-refractivity contribution < 1.29 is 19.1 Å². The van der Waals surface area contributed by atoms with E-state index in [4.69, 9.17) is 4.74 Å². The van der Waals surface area contributed by atoms with E-state index in [9.17, 15) is 14.4 Å². The maximum Gasteiger partial charge on any atom is 0.269 e. The Morgan fingerprint density at radius 2 is 1.74 bits per heavy atom. The number of ether oxygens (including phenoxy) is 1. The molecule has 1 spiro atoms. The first-order valence-electron chi connectivity index (χ1n) is 11.3. The van der Waals surface area contributed by atoms with E-state index in [-0.39, 0.29) is 30.0 Å². The summed E-state index contributed by atoms with van der Waals surface area (Å²) in [5.74, 6) is 0.104. The zero-order valence-corrected chi connectivity index (χ0v) is 20.3. The molecule has 7 nitrogen and oxygen atoms in total. The van der Waals surface area contributed by atoms with Crippen molar-refractivity contribution >= 4 is 40.9 Å². The van der Waals surface area contributed by atoms with Gasteiger partial charge in [0.05, 0.1) is 18.6 Å². The van der Waals surface area contributed by atoms with Crippen molar-refractivity contribution in [3.63, 3.8) is 0 Å². The summed E-state index contributed by atoms with van der Waals surface area (Å²) in [5, 5.41) is 2.91. The first-order chi connectivity index (χ1) is 16.9. The minimum atomic E-state index is -1.25. The third kappa shape index (κ3) is 3.93. The normalized spacial score (nSPS) is 18.8. The number of carbonyl (C=O) groups excluding carboxylic acids is 3. The van der Waals surface area contributed by atoms with Crippen LogP contribution in [-0.2, 0) is 25.8 Å². The highest BCUT2D eigenvalue weighted by atomic mass is 32.2. The molecule has 1 fully saturated rings. The Labute approximate surface area is 208 Å². The van der Waals surface area contributed by atoms with Crippen LogP contribution in [0.2, 0.25) is 0 Å². The van der Waals surface area contributed by atoms with Gasteiger partial charge in [-0.25, -0.2) is 0 Å². The lowest BCUT2D eigenvalue weighted by atomic mass is 10.0. The molecule has 1 saturated heterocycles. The van der Waals surface area contributed by atoms with Crippen molar-refractivity contribution in [2.45, 2.75) is 18.3 Å². The number of methoxy groups -OCH3 is 1. The summed E-state index contributed by atoms with van der Waals surface area (Å²) in [5.41, 5.74) is 4.09. The topological polar surface area (TPSA) is 79.0 Å². The van der Waals surface area contributed by atoms with Crippen LogP contribution in [0, 0.1) is 6.92 Å². The molecule has 8 heteroatoms. The monoisotopic (exact) mass is 487 g/mol. The second-order valence-electron chi connectivity index (χ2n) is 8.53. The molecule has 1 N–H and O–H groups in total. The van der Waals surface area contributed by atoms with Crippen LogP contribution in [0.4, 0.5) is 11.4 Å². The van der Waals surface area contributed by atoms with Gasteiger partial charge in [-0.3, -0.25) is 24.2 Å². The molecule has 3 aromatic rings. The highest BCUT2D eigenvalue weighted by Gasteiger charge is 2.61. The van der Waals surface area contributed by atoms with Crippen LogP contribution in [0.3, 0.4) is 0 Å². The van der Waals surface area contributed by atoms with Gasteiger partial charge in [0.2, 0.25) is 16.7 Å². The summed E-state index contributed by atoms with van der Waals surface area (Å²) in [6.45, 7) is 2.25. The number of nitrogens with one attached hydrogen (secondary N) is 1. The molecule has 2 aliphatic heterocycles. The van der Waals surface area contributed by atoms with Crippen molar-refractivity contribution in [3.05, 3.63) is 89.5 Å². The average Bonchev–Trinajstić information content (AvgIpc) is 3.34. The summed E-state index contributed by atoms with van der Waals surface area (Å²) in [6, 6.07) is 22.4. The number of amides is 3. The number of carbonyl (C=O) groups is 3. The van der Waals surface area contributed by atoms with Gasteiger partial charge in [0, 0.05) is 17.8 Å². The van der Waals surface area contributed by atoms with Crippen LogP contribution >= 0.6 is 11.8 Å². The minimum Gasteiger partial charge on any atom is -0.497 e. The second kappa shape index (κ2) is 9.11. The van der Waals surface area contributed by atoms with Crippen LogP contribution in [-0.4, -0.2) is 37.1 Å². The van der Waals surface area contributed by atoms with Gasteiger partial charge in [0.25, 0.3) is 5.91 Å². The highest BCUT2D eigenvalue weighted by molar-refractivity contribution is 8.02. The number of benzene rings is 3. The number of hydrogen-bond donors (Lipinski definition) is 1. The smallest absolute Gasteiger partial charge is 0.269 e. The summed E-state index contributed by atoms with van der Waals surface area (Å²) < 4.78 is 5.25. The Balaban J connectivity index is 1.44. The highest BCUT2D eigenvalue weighted by Crippen LogP contribution is 2.55. The molecule has 3 aromatic carbocycles. The molecule has 0 aromatic heterocycles.